The van der Waals surface area contributed by atoms with Gasteiger partial charge in [-0.1, -0.05) is 17.7 Å². The topological polar surface area (TPSA) is 81.2 Å². The second kappa shape index (κ2) is 10.8. The molecule has 0 saturated carbocycles. The molecule has 0 N–H and O–H groups in total. The summed E-state index contributed by atoms with van der Waals surface area (Å²) in [6.07, 6.45) is 1.42. The Morgan fingerprint density at radius 2 is 1.50 bits per heavy atom. The SMILES string of the molecule is CCN(CC)C(=O)C1CCN(C(=O)CN2CCN(S(=O)(=O)c3ccc(C)cc3)CC2)CC1. The van der Waals surface area contributed by atoms with Crippen molar-refractivity contribution in [3.05, 3.63) is 29.8 Å². The molecule has 0 aromatic heterocycles. The van der Waals surface area contributed by atoms with Crippen LogP contribution in [0.15, 0.2) is 29.2 Å². The number of piperazine rings is 1. The number of benzene rings is 1. The Labute approximate surface area is 192 Å². The number of rotatable bonds is 7. The van der Waals surface area contributed by atoms with Gasteiger partial charge in [-0.2, -0.15) is 4.31 Å². The average molecular weight is 465 g/mol. The molecular formula is C23H36N4O4S. The van der Waals surface area contributed by atoms with Crippen LogP contribution in [0.4, 0.5) is 0 Å². The maximum Gasteiger partial charge on any atom is 0.243 e. The Bertz CT molecular complexity index is 883. The summed E-state index contributed by atoms with van der Waals surface area (Å²) in [5.41, 5.74) is 1.02. The van der Waals surface area contributed by atoms with Crippen LogP contribution in [0.25, 0.3) is 0 Å². The summed E-state index contributed by atoms with van der Waals surface area (Å²) in [5.74, 6) is 0.274. The minimum absolute atomic E-state index is 0.00877. The van der Waals surface area contributed by atoms with E-state index < -0.39 is 10.0 Å². The fraction of sp³-hybridized carbons (Fsp3) is 0.652. The molecule has 0 spiro atoms. The molecule has 178 valence electrons. The standard InChI is InChI=1S/C23H36N4O4S/c1-4-25(5-2)23(29)20-10-12-26(13-11-20)22(28)18-24-14-16-27(17-15-24)32(30,31)21-8-6-19(3)7-9-21/h6-9,20H,4-5,10-18H2,1-3H3. The van der Waals surface area contributed by atoms with E-state index in [-0.39, 0.29) is 17.7 Å². The fourth-order valence-electron chi connectivity index (χ4n) is 4.45. The molecule has 1 aromatic rings. The van der Waals surface area contributed by atoms with E-state index in [1.807, 2.05) is 35.5 Å². The van der Waals surface area contributed by atoms with Crippen molar-refractivity contribution in [1.82, 2.24) is 19.0 Å². The lowest BCUT2D eigenvalue weighted by Gasteiger charge is -2.37. The minimum Gasteiger partial charge on any atom is -0.343 e. The van der Waals surface area contributed by atoms with Crippen molar-refractivity contribution in [2.24, 2.45) is 5.92 Å². The largest absolute Gasteiger partial charge is 0.343 e. The van der Waals surface area contributed by atoms with Crippen LogP contribution in [-0.2, 0) is 19.6 Å². The molecule has 2 amide bonds. The Kier molecular flexibility index (Phi) is 8.30. The van der Waals surface area contributed by atoms with Gasteiger partial charge in [-0.3, -0.25) is 14.5 Å². The van der Waals surface area contributed by atoms with Crippen molar-refractivity contribution in [3.8, 4) is 0 Å². The van der Waals surface area contributed by atoms with Gasteiger partial charge in [0.05, 0.1) is 11.4 Å². The smallest absolute Gasteiger partial charge is 0.243 e. The maximum absolute atomic E-state index is 12.9. The molecule has 1 aromatic carbocycles. The van der Waals surface area contributed by atoms with Crippen LogP contribution >= 0.6 is 0 Å². The van der Waals surface area contributed by atoms with E-state index in [0.717, 1.165) is 18.7 Å². The number of sulfonamides is 1. The van der Waals surface area contributed by atoms with Gasteiger partial charge in [0.15, 0.2) is 0 Å². The summed E-state index contributed by atoms with van der Waals surface area (Å²) in [5, 5.41) is 0. The van der Waals surface area contributed by atoms with Crippen molar-refractivity contribution in [3.63, 3.8) is 0 Å². The highest BCUT2D eigenvalue weighted by atomic mass is 32.2. The predicted octanol–water partition coefficient (Wildman–Crippen LogP) is 1.41. The molecular weight excluding hydrogens is 428 g/mol. The van der Waals surface area contributed by atoms with Gasteiger partial charge in [-0.25, -0.2) is 8.42 Å². The van der Waals surface area contributed by atoms with Crippen LogP contribution in [-0.4, -0.2) is 98.1 Å². The van der Waals surface area contributed by atoms with Crippen LogP contribution in [0.5, 0.6) is 0 Å². The summed E-state index contributed by atoms with van der Waals surface area (Å²) >= 11 is 0. The molecule has 2 saturated heterocycles. The molecule has 2 aliphatic rings. The van der Waals surface area contributed by atoms with E-state index in [1.165, 1.54) is 4.31 Å². The van der Waals surface area contributed by atoms with Gasteiger partial charge in [0.25, 0.3) is 0 Å². The first-order valence-corrected chi connectivity index (χ1v) is 13.1. The number of amides is 2. The molecule has 2 fully saturated rings. The highest BCUT2D eigenvalue weighted by Crippen LogP contribution is 2.21. The zero-order valence-corrected chi connectivity index (χ0v) is 20.3. The van der Waals surface area contributed by atoms with Gasteiger partial charge >= 0.3 is 0 Å². The van der Waals surface area contributed by atoms with Gasteiger partial charge in [-0.05, 0) is 45.7 Å². The first-order chi connectivity index (χ1) is 15.3. The number of carbonyl (C=O) groups excluding carboxylic acids is 2. The Hall–Kier alpha value is -1.97. The third-order valence-corrected chi connectivity index (χ3v) is 8.53. The summed E-state index contributed by atoms with van der Waals surface area (Å²) in [6, 6.07) is 6.91. The molecule has 3 rings (SSSR count). The Morgan fingerprint density at radius 3 is 2.03 bits per heavy atom. The highest BCUT2D eigenvalue weighted by molar-refractivity contribution is 7.89. The predicted molar refractivity (Wildman–Crippen MR) is 124 cm³/mol. The van der Waals surface area contributed by atoms with Crippen molar-refractivity contribution in [2.75, 3.05) is 58.9 Å². The number of aryl methyl sites for hydroxylation is 1. The highest BCUT2D eigenvalue weighted by Gasteiger charge is 2.32. The summed E-state index contributed by atoms with van der Waals surface area (Å²) in [6.45, 7) is 10.7. The zero-order valence-electron chi connectivity index (χ0n) is 19.5. The monoisotopic (exact) mass is 464 g/mol. The summed E-state index contributed by atoms with van der Waals surface area (Å²) in [4.78, 5) is 31.4. The molecule has 2 heterocycles. The quantitative estimate of drug-likeness (QED) is 0.610. The lowest BCUT2D eigenvalue weighted by Crippen LogP contribution is -2.52. The van der Waals surface area contributed by atoms with Crippen molar-refractivity contribution in [2.45, 2.75) is 38.5 Å². The third-order valence-electron chi connectivity index (χ3n) is 6.62. The first-order valence-electron chi connectivity index (χ1n) is 11.6. The van der Waals surface area contributed by atoms with Gasteiger partial charge < -0.3 is 9.80 Å². The van der Waals surface area contributed by atoms with Crippen LogP contribution in [0.3, 0.4) is 0 Å². The lowest BCUT2D eigenvalue weighted by molar-refractivity contribution is -0.141. The van der Waals surface area contributed by atoms with Crippen molar-refractivity contribution in [1.29, 1.82) is 0 Å². The number of likely N-dealkylation sites (tertiary alicyclic amines) is 1. The van der Waals surface area contributed by atoms with E-state index in [1.54, 1.807) is 24.3 Å². The van der Waals surface area contributed by atoms with Gasteiger partial charge in [-0.15, -0.1) is 0 Å². The second-order valence-electron chi connectivity index (χ2n) is 8.66. The van der Waals surface area contributed by atoms with E-state index >= 15 is 0 Å². The maximum atomic E-state index is 12.9. The van der Waals surface area contributed by atoms with Gasteiger partial charge in [0.1, 0.15) is 0 Å². The van der Waals surface area contributed by atoms with Gasteiger partial charge in [0, 0.05) is 58.3 Å². The molecule has 0 bridgehead atoms. The fourth-order valence-corrected chi connectivity index (χ4v) is 5.87. The number of hydrogen-bond acceptors (Lipinski definition) is 5. The van der Waals surface area contributed by atoms with Crippen LogP contribution in [0.2, 0.25) is 0 Å². The van der Waals surface area contributed by atoms with Crippen molar-refractivity contribution < 1.29 is 18.0 Å². The molecule has 0 atom stereocenters. The van der Waals surface area contributed by atoms with E-state index in [2.05, 4.69) is 0 Å². The van der Waals surface area contributed by atoms with Crippen molar-refractivity contribution >= 4 is 21.8 Å². The number of piperidine rings is 1. The van der Waals surface area contributed by atoms with Crippen LogP contribution < -0.4 is 0 Å². The number of hydrogen-bond donors (Lipinski definition) is 0. The van der Waals surface area contributed by atoms with Gasteiger partial charge in [0.2, 0.25) is 21.8 Å². The first kappa shape index (κ1) is 24.7. The van der Waals surface area contributed by atoms with E-state index in [9.17, 15) is 18.0 Å². The Balaban J connectivity index is 1.46. The number of nitrogens with zero attached hydrogens (tertiary/aromatic N) is 4. The summed E-state index contributed by atoms with van der Waals surface area (Å²) < 4.78 is 27.2. The molecule has 9 heteroatoms. The third kappa shape index (κ3) is 5.68. The Morgan fingerprint density at radius 1 is 0.938 bits per heavy atom. The average Bonchev–Trinajstić information content (AvgIpc) is 2.80. The number of carbonyl (C=O) groups is 2. The second-order valence-corrected chi connectivity index (χ2v) is 10.6. The van der Waals surface area contributed by atoms with Crippen LogP contribution in [0.1, 0.15) is 32.3 Å². The van der Waals surface area contributed by atoms with E-state index in [4.69, 9.17) is 0 Å². The molecule has 2 aliphatic heterocycles. The normalized spacial score (nSPS) is 19.2. The molecule has 32 heavy (non-hydrogen) atoms. The molecule has 0 radical (unpaired) electrons. The van der Waals surface area contributed by atoms with Crippen LogP contribution in [0, 0.1) is 12.8 Å². The lowest BCUT2D eigenvalue weighted by atomic mass is 9.95. The summed E-state index contributed by atoms with van der Waals surface area (Å²) in [7, 11) is -3.50. The molecule has 8 nitrogen and oxygen atoms in total. The minimum atomic E-state index is -3.50. The van der Waals surface area contributed by atoms with E-state index in [0.29, 0.717) is 63.6 Å². The molecule has 0 aliphatic carbocycles. The zero-order chi connectivity index (χ0) is 23.3. The molecule has 0 unspecified atom stereocenters.